The Morgan fingerprint density at radius 2 is 1.31 bits per heavy atom. The summed E-state index contributed by atoms with van der Waals surface area (Å²) in [6.45, 7) is 14.4. The Morgan fingerprint density at radius 3 is 1.72 bits per heavy atom. The van der Waals surface area contributed by atoms with Crippen LogP contribution in [0.3, 0.4) is 0 Å². The Bertz CT molecular complexity index is 953. The van der Waals surface area contributed by atoms with Crippen LogP contribution in [0.4, 0.5) is 0 Å². The molecule has 4 nitrogen and oxygen atoms in total. The van der Waals surface area contributed by atoms with E-state index < -0.39 is 7.92 Å². The van der Waals surface area contributed by atoms with Gasteiger partial charge in [-0.05, 0) is 73.2 Å². The zero-order valence-corrected chi connectivity index (χ0v) is 21.9. The highest BCUT2D eigenvalue weighted by atomic mass is 31.1. The van der Waals surface area contributed by atoms with Crippen molar-refractivity contribution >= 4 is 19.0 Å². The lowest BCUT2D eigenvalue weighted by Crippen LogP contribution is -2.16. The average molecular weight is 457 g/mol. The van der Waals surface area contributed by atoms with Crippen LogP contribution >= 0.6 is 7.92 Å². The molecule has 1 unspecified atom stereocenters. The second-order valence-electron chi connectivity index (χ2n) is 9.39. The third-order valence-electron chi connectivity index (χ3n) is 5.70. The van der Waals surface area contributed by atoms with Gasteiger partial charge >= 0.3 is 0 Å². The van der Waals surface area contributed by atoms with Gasteiger partial charge in [-0.1, -0.05) is 46.2 Å². The number of carbonyl (C=O) groups excluding carboxylic acids is 2. The van der Waals surface area contributed by atoms with Crippen molar-refractivity contribution in [2.75, 3.05) is 20.4 Å². The van der Waals surface area contributed by atoms with Crippen molar-refractivity contribution in [1.29, 1.82) is 0 Å². The second-order valence-corrected chi connectivity index (χ2v) is 11.5. The molecule has 0 spiro atoms. The zero-order chi connectivity index (χ0) is 24.2. The van der Waals surface area contributed by atoms with Crippen molar-refractivity contribution in [2.24, 2.45) is 0 Å². The van der Waals surface area contributed by atoms with E-state index in [-0.39, 0.29) is 16.5 Å². The van der Waals surface area contributed by atoms with E-state index in [1.54, 1.807) is 14.2 Å². The molecule has 2 aromatic carbocycles. The van der Waals surface area contributed by atoms with Gasteiger partial charge in [0.15, 0.2) is 11.0 Å². The van der Waals surface area contributed by atoms with Crippen molar-refractivity contribution in [3.8, 4) is 11.5 Å². The highest BCUT2D eigenvalue weighted by Crippen LogP contribution is 2.49. The highest BCUT2D eigenvalue weighted by Gasteiger charge is 2.34. The lowest BCUT2D eigenvalue weighted by Gasteiger charge is -2.24. The molecule has 0 aliphatic heterocycles. The van der Waals surface area contributed by atoms with Gasteiger partial charge in [0.2, 0.25) is 0 Å². The third kappa shape index (κ3) is 5.59. The smallest absolute Gasteiger partial charge is 0.199 e. The van der Waals surface area contributed by atoms with E-state index in [4.69, 9.17) is 9.47 Å². The van der Waals surface area contributed by atoms with Crippen molar-refractivity contribution < 1.29 is 19.1 Å². The van der Waals surface area contributed by atoms with Gasteiger partial charge in [0, 0.05) is 13.5 Å². The fraction of sp³-hybridized carbons (Fsp3) is 0.481. The van der Waals surface area contributed by atoms with Crippen molar-refractivity contribution in [3.05, 3.63) is 57.6 Å². The molecular formula is C27H37O4P. The maximum atomic E-state index is 13.9. The summed E-state index contributed by atoms with van der Waals surface area (Å²) in [6.07, 6.45) is 2.30. The molecule has 2 aromatic rings. The van der Waals surface area contributed by atoms with E-state index in [0.717, 1.165) is 29.5 Å². The molecule has 1 atom stereocenters. The van der Waals surface area contributed by atoms with E-state index in [1.165, 1.54) is 5.56 Å². The number of ether oxygens (including phenoxy) is 2. The summed E-state index contributed by atoms with van der Waals surface area (Å²) in [7, 11) is 1.48. The predicted octanol–water partition coefficient (Wildman–Crippen LogP) is 7.19. The quantitative estimate of drug-likeness (QED) is 0.375. The molecule has 32 heavy (non-hydrogen) atoms. The summed E-state index contributed by atoms with van der Waals surface area (Å²) >= 11 is 0. The molecule has 0 N–H and O–H groups in total. The van der Waals surface area contributed by atoms with Gasteiger partial charge in [-0.25, -0.2) is 0 Å². The number of methoxy groups -OCH3 is 2. The van der Waals surface area contributed by atoms with E-state index >= 15 is 0 Å². The fourth-order valence-corrected chi connectivity index (χ4v) is 6.21. The molecular weight excluding hydrogens is 419 g/mol. The summed E-state index contributed by atoms with van der Waals surface area (Å²) < 4.78 is 11.1. The number of hydrogen-bond acceptors (Lipinski definition) is 4. The van der Waals surface area contributed by atoms with E-state index in [9.17, 15) is 9.59 Å². The first-order valence-electron chi connectivity index (χ1n) is 11.2. The number of carbonyl (C=O) groups is 2. The van der Waals surface area contributed by atoms with Gasteiger partial charge in [-0.3, -0.25) is 9.59 Å². The Kier molecular flexibility index (Phi) is 8.65. The van der Waals surface area contributed by atoms with Crippen molar-refractivity contribution in [3.63, 3.8) is 0 Å². The number of aryl methyl sites for hydroxylation is 3. The normalized spacial score (nSPS) is 12.4. The van der Waals surface area contributed by atoms with Crippen LogP contribution < -0.4 is 9.47 Å². The number of rotatable bonds is 9. The molecule has 0 saturated heterocycles. The van der Waals surface area contributed by atoms with E-state index in [2.05, 4.69) is 39.8 Å². The van der Waals surface area contributed by atoms with Crippen molar-refractivity contribution in [1.82, 2.24) is 0 Å². The van der Waals surface area contributed by atoms with Crippen LogP contribution in [0.5, 0.6) is 11.5 Å². The SMILES string of the molecule is CCCCP(C(=O)c1c(C)cc(C(C)(C)C)cc1C)C(=O)c1c(OC)cc(C)cc1OC. The maximum Gasteiger partial charge on any atom is 0.199 e. The lowest BCUT2D eigenvalue weighted by atomic mass is 9.84. The number of benzene rings is 2. The van der Waals surface area contributed by atoms with Crippen LogP contribution in [-0.4, -0.2) is 31.4 Å². The molecule has 0 aliphatic rings. The van der Waals surface area contributed by atoms with Gasteiger partial charge in [-0.15, -0.1) is 0 Å². The average Bonchev–Trinajstić information content (AvgIpc) is 2.71. The summed E-state index contributed by atoms with van der Waals surface area (Å²) in [4.78, 5) is 27.7. The van der Waals surface area contributed by atoms with E-state index in [1.807, 2.05) is 32.9 Å². The van der Waals surface area contributed by atoms with Gasteiger partial charge in [-0.2, -0.15) is 0 Å². The van der Waals surface area contributed by atoms with Crippen LogP contribution in [0.1, 0.15) is 83.5 Å². The molecule has 0 radical (unpaired) electrons. The van der Waals surface area contributed by atoms with Crippen LogP contribution in [0.15, 0.2) is 24.3 Å². The molecule has 0 fully saturated rings. The standard InChI is InChI=1S/C27H37O4P/c1-10-11-12-32(26(29)24-21(30-8)13-17(2)14-22(24)31-9)25(28)23-18(3)15-20(16-19(23)4)27(5,6)7/h13-16H,10-12H2,1-9H3. The molecule has 174 valence electrons. The molecule has 2 rings (SSSR count). The molecule has 5 heteroatoms. The van der Waals surface area contributed by atoms with Crippen LogP contribution in [0.25, 0.3) is 0 Å². The van der Waals surface area contributed by atoms with Crippen LogP contribution in [0, 0.1) is 20.8 Å². The molecule has 0 aromatic heterocycles. The highest BCUT2D eigenvalue weighted by molar-refractivity contribution is 7.90. The minimum absolute atomic E-state index is 0.0114. The Balaban J connectivity index is 2.61. The molecule has 0 bridgehead atoms. The summed E-state index contributed by atoms with van der Waals surface area (Å²) in [6, 6.07) is 7.82. The minimum atomic E-state index is -1.60. The fourth-order valence-electron chi connectivity index (χ4n) is 3.87. The Labute approximate surface area is 194 Å². The topological polar surface area (TPSA) is 52.6 Å². The zero-order valence-electron chi connectivity index (χ0n) is 21.0. The first-order chi connectivity index (χ1) is 15.0. The first-order valence-corrected chi connectivity index (χ1v) is 12.7. The summed E-state index contributed by atoms with van der Waals surface area (Å²) in [5.41, 5.74) is 4.79. The summed E-state index contributed by atoms with van der Waals surface area (Å²) in [5, 5.41) is 0. The number of hydrogen-bond donors (Lipinski definition) is 0. The van der Waals surface area contributed by atoms with Crippen LogP contribution in [-0.2, 0) is 5.41 Å². The molecule has 0 amide bonds. The Morgan fingerprint density at radius 1 is 0.844 bits per heavy atom. The first kappa shape index (κ1) is 26.1. The van der Waals surface area contributed by atoms with Crippen molar-refractivity contribution in [2.45, 2.75) is 66.7 Å². The third-order valence-corrected chi connectivity index (χ3v) is 7.89. The molecule has 0 saturated carbocycles. The number of unbranched alkanes of at least 4 members (excludes halogenated alkanes) is 1. The lowest BCUT2D eigenvalue weighted by molar-refractivity contribution is 0.104. The summed E-state index contributed by atoms with van der Waals surface area (Å²) in [5.74, 6) is 0.917. The Hall–Kier alpha value is -2.19. The van der Waals surface area contributed by atoms with Gasteiger partial charge < -0.3 is 9.47 Å². The van der Waals surface area contributed by atoms with Gasteiger partial charge in [0.05, 0.1) is 14.2 Å². The monoisotopic (exact) mass is 456 g/mol. The molecule has 0 aliphatic carbocycles. The second kappa shape index (κ2) is 10.6. The van der Waals surface area contributed by atoms with Gasteiger partial charge in [0.25, 0.3) is 0 Å². The predicted molar refractivity (Wildman–Crippen MR) is 134 cm³/mol. The molecule has 0 heterocycles. The largest absolute Gasteiger partial charge is 0.496 e. The van der Waals surface area contributed by atoms with E-state index in [0.29, 0.717) is 28.8 Å². The van der Waals surface area contributed by atoms with Gasteiger partial charge in [0.1, 0.15) is 17.1 Å². The minimum Gasteiger partial charge on any atom is -0.496 e. The van der Waals surface area contributed by atoms with Crippen LogP contribution in [0.2, 0.25) is 0 Å². The maximum absolute atomic E-state index is 13.9.